The number of ether oxygens (including phenoxy) is 1. The third kappa shape index (κ3) is 4.05. The first kappa shape index (κ1) is 18.4. The van der Waals surface area contributed by atoms with Gasteiger partial charge in [0.15, 0.2) is 12.4 Å². The molecule has 0 spiro atoms. The quantitative estimate of drug-likeness (QED) is 0.659. The predicted octanol–water partition coefficient (Wildman–Crippen LogP) is 3.38. The highest BCUT2D eigenvalue weighted by Crippen LogP contribution is 2.22. The fourth-order valence-electron chi connectivity index (χ4n) is 2.69. The topological polar surface area (TPSA) is 116 Å². The SMILES string of the molecule is Cc1ccccc1Nc1nc(N)nc(COC(=O)c2c(C)oc(C)c2C)n1. The Balaban J connectivity index is 1.75. The molecule has 1 aromatic carbocycles. The van der Waals surface area contributed by atoms with E-state index in [-0.39, 0.29) is 24.3 Å². The zero-order valence-electron chi connectivity index (χ0n) is 15.7. The molecule has 3 N–H and O–H groups in total. The number of hydrogen-bond donors (Lipinski definition) is 2. The zero-order valence-corrected chi connectivity index (χ0v) is 15.7. The standard InChI is InChI=1S/C19H21N5O3/c1-10-7-5-6-8-14(10)21-19-23-15(22-18(20)24-19)9-26-17(25)16-11(2)12(3)27-13(16)4/h5-8H,9H2,1-4H3,(H3,20,21,22,23,24). The lowest BCUT2D eigenvalue weighted by molar-refractivity contribution is 0.0459. The molecule has 0 saturated heterocycles. The number of nitrogens with zero attached hydrogens (tertiary/aromatic N) is 3. The Kier molecular flexibility index (Phi) is 5.07. The molecule has 0 atom stereocenters. The lowest BCUT2D eigenvalue weighted by Gasteiger charge is -2.10. The van der Waals surface area contributed by atoms with Crippen LogP contribution in [0.2, 0.25) is 0 Å². The van der Waals surface area contributed by atoms with Crippen LogP contribution >= 0.6 is 0 Å². The minimum absolute atomic E-state index is 0.0404. The smallest absolute Gasteiger partial charge is 0.342 e. The average molecular weight is 367 g/mol. The van der Waals surface area contributed by atoms with Crippen molar-refractivity contribution in [3.63, 3.8) is 0 Å². The van der Waals surface area contributed by atoms with Crippen LogP contribution in [0.25, 0.3) is 0 Å². The third-order valence-electron chi connectivity index (χ3n) is 4.19. The van der Waals surface area contributed by atoms with Gasteiger partial charge in [0.25, 0.3) is 0 Å². The van der Waals surface area contributed by atoms with Crippen molar-refractivity contribution < 1.29 is 13.9 Å². The molecular formula is C19H21N5O3. The second kappa shape index (κ2) is 7.45. The summed E-state index contributed by atoms with van der Waals surface area (Å²) in [5.41, 5.74) is 8.83. The van der Waals surface area contributed by atoms with Crippen LogP contribution in [0.1, 0.15) is 38.8 Å². The molecule has 8 nitrogen and oxygen atoms in total. The fourth-order valence-corrected chi connectivity index (χ4v) is 2.69. The Morgan fingerprint density at radius 2 is 1.85 bits per heavy atom. The van der Waals surface area contributed by atoms with Crippen LogP contribution in [0.3, 0.4) is 0 Å². The zero-order chi connectivity index (χ0) is 19.6. The van der Waals surface area contributed by atoms with Gasteiger partial charge in [-0.3, -0.25) is 0 Å². The molecule has 0 bridgehead atoms. The summed E-state index contributed by atoms with van der Waals surface area (Å²) in [5.74, 6) is 1.30. The van der Waals surface area contributed by atoms with Gasteiger partial charge in [-0.25, -0.2) is 4.79 Å². The molecule has 0 amide bonds. The Morgan fingerprint density at radius 3 is 2.52 bits per heavy atom. The Labute approximate surface area is 156 Å². The van der Waals surface area contributed by atoms with E-state index < -0.39 is 5.97 Å². The van der Waals surface area contributed by atoms with Crippen molar-refractivity contribution in [1.29, 1.82) is 0 Å². The maximum atomic E-state index is 12.4. The van der Waals surface area contributed by atoms with Gasteiger partial charge >= 0.3 is 5.97 Å². The summed E-state index contributed by atoms with van der Waals surface area (Å²) in [6.07, 6.45) is 0. The Morgan fingerprint density at radius 1 is 1.11 bits per heavy atom. The molecule has 2 heterocycles. The van der Waals surface area contributed by atoms with Gasteiger partial charge in [-0.2, -0.15) is 15.0 Å². The molecule has 27 heavy (non-hydrogen) atoms. The minimum atomic E-state index is -0.491. The molecule has 0 aliphatic rings. The number of benzene rings is 1. The van der Waals surface area contributed by atoms with Crippen molar-refractivity contribution in [2.24, 2.45) is 0 Å². The van der Waals surface area contributed by atoms with Crippen molar-refractivity contribution in [1.82, 2.24) is 15.0 Å². The molecule has 0 aliphatic heterocycles. The van der Waals surface area contributed by atoms with E-state index >= 15 is 0 Å². The van der Waals surface area contributed by atoms with Gasteiger partial charge in [0, 0.05) is 11.3 Å². The number of nitrogens with two attached hydrogens (primary N) is 1. The molecule has 0 fully saturated rings. The summed E-state index contributed by atoms with van der Waals surface area (Å²) in [6.45, 7) is 7.18. The number of esters is 1. The molecule has 8 heteroatoms. The summed E-state index contributed by atoms with van der Waals surface area (Å²) in [5, 5.41) is 3.10. The van der Waals surface area contributed by atoms with Crippen molar-refractivity contribution in [3.05, 3.63) is 58.3 Å². The molecule has 140 valence electrons. The van der Waals surface area contributed by atoms with Crippen LogP contribution in [-0.4, -0.2) is 20.9 Å². The Bertz CT molecular complexity index is 997. The number of anilines is 3. The number of carbonyl (C=O) groups is 1. The largest absolute Gasteiger partial charge is 0.465 e. The van der Waals surface area contributed by atoms with E-state index in [1.54, 1.807) is 13.8 Å². The number of carbonyl (C=O) groups excluding carboxylic acids is 1. The number of nitrogens with one attached hydrogen (secondary N) is 1. The van der Waals surface area contributed by atoms with Crippen LogP contribution in [0.15, 0.2) is 28.7 Å². The number of furan rings is 1. The second-order valence-electron chi connectivity index (χ2n) is 6.16. The summed E-state index contributed by atoms with van der Waals surface area (Å²) < 4.78 is 10.8. The molecule has 0 radical (unpaired) electrons. The van der Waals surface area contributed by atoms with Crippen LogP contribution in [0.5, 0.6) is 0 Å². The highest BCUT2D eigenvalue weighted by Gasteiger charge is 2.20. The highest BCUT2D eigenvalue weighted by atomic mass is 16.5. The summed E-state index contributed by atoms with van der Waals surface area (Å²) >= 11 is 0. The summed E-state index contributed by atoms with van der Waals surface area (Å²) in [4.78, 5) is 24.8. The molecule has 3 rings (SSSR count). The normalized spacial score (nSPS) is 10.7. The number of aryl methyl sites for hydroxylation is 3. The lowest BCUT2D eigenvalue weighted by atomic mass is 10.1. The highest BCUT2D eigenvalue weighted by molar-refractivity contribution is 5.92. The molecule has 0 saturated carbocycles. The van der Waals surface area contributed by atoms with Crippen molar-refractivity contribution in [2.45, 2.75) is 34.3 Å². The third-order valence-corrected chi connectivity index (χ3v) is 4.19. The molecule has 0 aliphatic carbocycles. The number of para-hydroxylation sites is 1. The number of rotatable bonds is 5. The van der Waals surface area contributed by atoms with Gasteiger partial charge in [-0.1, -0.05) is 18.2 Å². The minimum Gasteiger partial charge on any atom is -0.465 e. The number of aromatic nitrogens is 3. The molecular weight excluding hydrogens is 346 g/mol. The first-order valence-corrected chi connectivity index (χ1v) is 8.42. The van der Waals surface area contributed by atoms with E-state index in [9.17, 15) is 4.79 Å². The van der Waals surface area contributed by atoms with Gasteiger partial charge in [0.2, 0.25) is 11.9 Å². The van der Waals surface area contributed by atoms with Crippen LogP contribution in [0.4, 0.5) is 17.6 Å². The van der Waals surface area contributed by atoms with E-state index in [0.717, 1.165) is 16.8 Å². The lowest BCUT2D eigenvalue weighted by Crippen LogP contribution is -2.12. The van der Waals surface area contributed by atoms with Gasteiger partial charge in [-0.15, -0.1) is 0 Å². The van der Waals surface area contributed by atoms with Crippen molar-refractivity contribution in [3.8, 4) is 0 Å². The van der Waals surface area contributed by atoms with Crippen molar-refractivity contribution in [2.75, 3.05) is 11.1 Å². The molecule has 2 aromatic heterocycles. The van der Waals surface area contributed by atoms with E-state index in [4.69, 9.17) is 14.9 Å². The Hall–Kier alpha value is -3.42. The first-order valence-electron chi connectivity index (χ1n) is 8.42. The van der Waals surface area contributed by atoms with E-state index in [0.29, 0.717) is 17.1 Å². The van der Waals surface area contributed by atoms with Gasteiger partial charge in [-0.05, 0) is 39.3 Å². The molecule has 0 unspecified atom stereocenters. The molecule has 3 aromatic rings. The van der Waals surface area contributed by atoms with E-state index in [1.807, 2.05) is 38.1 Å². The summed E-state index contributed by atoms with van der Waals surface area (Å²) in [7, 11) is 0. The number of nitrogen functional groups attached to an aromatic ring is 1. The van der Waals surface area contributed by atoms with Crippen LogP contribution < -0.4 is 11.1 Å². The fraction of sp³-hybridized carbons (Fsp3) is 0.263. The van der Waals surface area contributed by atoms with E-state index in [1.165, 1.54) is 0 Å². The van der Waals surface area contributed by atoms with E-state index in [2.05, 4.69) is 20.3 Å². The van der Waals surface area contributed by atoms with Crippen molar-refractivity contribution >= 4 is 23.6 Å². The average Bonchev–Trinajstić information content (AvgIpc) is 2.87. The predicted molar refractivity (Wildman–Crippen MR) is 101 cm³/mol. The van der Waals surface area contributed by atoms with Gasteiger partial charge in [0.1, 0.15) is 17.1 Å². The number of hydrogen-bond acceptors (Lipinski definition) is 8. The van der Waals surface area contributed by atoms with Crippen LogP contribution in [-0.2, 0) is 11.3 Å². The van der Waals surface area contributed by atoms with Gasteiger partial charge < -0.3 is 20.2 Å². The first-order chi connectivity index (χ1) is 12.8. The van der Waals surface area contributed by atoms with Gasteiger partial charge in [0.05, 0.1) is 0 Å². The maximum Gasteiger partial charge on any atom is 0.342 e. The monoisotopic (exact) mass is 367 g/mol. The maximum absolute atomic E-state index is 12.4. The second-order valence-corrected chi connectivity index (χ2v) is 6.16. The van der Waals surface area contributed by atoms with Crippen LogP contribution in [0, 0.1) is 27.7 Å². The summed E-state index contributed by atoms with van der Waals surface area (Å²) in [6, 6.07) is 7.71.